The largest absolute Gasteiger partial charge is 0.374 e. The van der Waals surface area contributed by atoms with Crippen LogP contribution in [0.5, 0.6) is 0 Å². The van der Waals surface area contributed by atoms with E-state index in [9.17, 15) is 13.5 Å². The highest BCUT2D eigenvalue weighted by Crippen LogP contribution is 2.68. The van der Waals surface area contributed by atoms with Gasteiger partial charge in [0.15, 0.2) is 14.8 Å². The van der Waals surface area contributed by atoms with E-state index in [1.165, 1.54) is 56.8 Å². The third-order valence-corrected chi connectivity index (χ3v) is 12.7. The Morgan fingerprint density at radius 2 is 1.75 bits per heavy atom. The summed E-state index contributed by atoms with van der Waals surface area (Å²) in [6.07, 6.45) is 15.7. The minimum Gasteiger partial charge on any atom is -0.374 e. The molecule has 3 fully saturated rings. The van der Waals surface area contributed by atoms with E-state index in [-0.39, 0.29) is 5.41 Å². The zero-order chi connectivity index (χ0) is 23.5. The molecule has 0 spiro atoms. The van der Waals surface area contributed by atoms with Crippen LogP contribution in [0.25, 0.3) is 0 Å². The number of aliphatic hydroxyl groups is 1. The smallest absolute Gasteiger partial charge is 0.177 e. The van der Waals surface area contributed by atoms with Gasteiger partial charge in [0.1, 0.15) is 0 Å². The van der Waals surface area contributed by atoms with E-state index in [2.05, 4.69) is 40.7 Å². The molecule has 3 nitrogen and oxygen atoms in total. The summed E-state index contributed by atoms with van der Waals surface area (Å²) in [6, 6.07) is 0. The van der Waals surface area contributed by atoms with Gasteiger partial charge in [0.25, 0.3) is 0 Å². The van der Waals surface area contributed by atoms with Crippen LogP contribution in [0.2, 0.25) is 0 Å². The van der Waals surface area contributed by atoms with Gasteiger partial charge >= 0.3 is 0 Å². The molecular formula is C28H48O3S. The van der Waals surface area contributed by atoms with Crippen LogP contribution < -0.4 is 0 Å². The molecule has 4 rings (SSSR count). The molecule has 0 aromatic rings. The van der Waals surface area contributed by atoms with Crippen molar-refractivity contribution >= 4 is 9.84 Å². The Kier molecular flexibility index (Phi) is 6.50. The van der Waals surface area contributed by atoms with Crippen LogP contribution >= 0.6 is 0 Å². The van der Waals surface area contributed by atoms with Crippen LogP contribution in [-0.2, 0) is 9.84 Å². The van der Waals surface area contributed by atoms with Crippen LogP contribution in [0.4, 0.5) is 0 Å². The zero-order valence-corrected chi connectivity index (χ0v) is 22.3. The van der Waals surface area contributed by atoms with Crippen molar-refractivity contribution in [2.75, 3.05) is 6.26 Å². The van der Waals surface area contributed by atoms with Crippen molar-refractivity contribution in [2.45, 2.75) is 110 Å². The highest BCUT2D eigenvalue weighted by molar-refractivity contribution is 7.91. The Morgan fingerprint density at radius 3 is 2.41 bits per heavy atom. The van der Waals surface area contributed by atoms with E-state index in [4.69, 9.17) is 0 Å². The Hall–Kier alpha value is -0.350. The average molecular weight is 465 g/mol. The highest BCUT2D eigenvalue weighted by atomic mass is 32.2. The molecule has 4 heteroatoms. The minimum absolute atomic E-state index is 0.0716. The summed E-state index contributed by atoms with van der Waals surface area (Å²) in [5, 5.41) is 10.9. The van der Waals surface area contributed by atoms with Gasteiger partial charge in [-0.2, -0.15) is 0 Å². The fourth-order valence-electron chi connectivity index (χ4n) is 8.96. The van der Waals surface area contributed by atoms with E-state index in [1.807, 2.05) is 0 Å². The fourth-order valence-corrected chi connectivity index (χ4v) is 9.85. The van der Waals surface area contributed by atoms with Gasteiger partial charge in [-0.3, -0.25) is 0 Å². The molecule has 3 saturated carbocycles. The predicted molar refractivity (Wildman–Crippen MR) is 133 cm³/mol. The molecule has 32 heavy (non-hydrogen) atoms. The Balaban J connectivity index is 1.52. The first-order chi connectivity index (χ1) is 14.8. The third-order valence-electron chi connectivity index (χ3n) is 11.0. The maximum absolute atomic E-state index is 12.3. The van der Waals surface area contributed by atoms with E-state index < -0.39 is 14.8 Å². The Morgan fingerprint density at radius 1 is 1.03 bits per heavy atom. The number of fused-ring (bicyclic) bond motifs is 5. The van der Waals surface area contributed by atoms with Gasteiger partial charge in [-0.25, -0.2) is 8.42 Å². The summed E-state index contributed by atoms with van der Waals surface area (Å²) in [4.78, 5) is -1.56. The Labute approximate surface area is 197 Å². The summed E-state index contributed by atoms with van der Waals surface area (Å²) in [6.45, 7) is 12.2. The molecule has 0 amide bonds. The molecule has 0 aliphatic heterocycles. The fraction of sp³-hybridized carbons (Fsp3) is 0.929. The lowest BCUT2D eigenvalue weighted by Gasteiger charge is -2.59. The van der Waals surface area contributed by atoms with Crippen LogP contribution in [-0.4, -0.2) is 24.7 Å². The van der Waals surface area contributed by atoms with Crippen LogP contribution in [0, 0.1) is 46.3 Å². The summed E-state index contributed by atoms with van der Waals surface area (Å²) >= 11 is 0. The van der Waals surface area contributed by atoms with E-state index >= 15 is 0 Å². The number of hydrogen-bond acceptors (Lipinski definition) is 3. The number of rotatable bonds is 6. The summed E-state index contributed by atoms with van der Waals surface area (Å²) in [7, 11) is -3.47. The van der Waals surface area contributed by atoms with Crippen molar-refractivity contribution in [3.8, 4) is 0 Å². The Bertz CT molecular complexity index is 845. The SMILES string of the molecule is CC(C)CCCC(C)[C@H]1CC[C@H]2[C@@H]3CC=C4C[C@@](O)(S(C)(=O)=O)CC[C@]4(C)[C@H]3CC[C@]12C. The van der Waals surface area contributed by atoms with Gasteiger partial charge in [0, 0.05) is 12.7 Å². The van der Waals surface area contributed by atoms with Crippen molar-refractivity contribution in [2.24, 2.45) is 46.3 Å². The summed E-state index contributed by atoms with van der Waals surface area (Å²) in [5.41, 5.74) is 1.78. The molecular weight excluding hydrogens is 416 g/mol. The quantitative estimate of drug-likeness (QED) is 0.442. The number of allylic oxidation sites excluding steroid dienone is 1. The molecule has 0 bridgehead atoms. The van der Waals surface area contributed by atoms with Crippen molar-refractivity contribution in [1.82, 2.24) is 0 Å². The van der Waals surface area contributed by atoms with Gasteiger partial charge < -0.3 is 5.11 Å². The van der Waals surface area contributed by atoms with Gasteiger partial charge in [-0.1, -0.05) is 65.5 Å². The second-order valence-electron chi connectivity index (χ2n) is 13.2. The highest BCUT2D eigenvalue weighted by Gasteiger charge is 2.60. The molecule has 4 aliphatic rings. The molecule has 0 aromatic carbocycles. The average Bonchev–Trinajstić information content (AvgIpc) is 3.04. The normalized spacial score (nSPS) is 45.1. The molecule has 0 radical (unpaired) electrons. The molecule has 8 atom stereocenters. The second kappa shape index (κ2) is 8.40. The van der Waals surface area contributed by atoms with Gasteiger partial charge in [0.05, 0.1) is 0 Å². The number of sulfone groups is 1. The zero-order valence-electron chi connectivity index (χ0n) is 21.5. The monoisotopic (exact) mass is 464 g/mol. The number of hydrogen-bond donors (Lipinski definition) is 1. The molecule has 0 saturated heterocycles. The maximum atomic E-state index is 12.3. The van der Waals surface area contributed by atoms with Crippen LogP contribution in [0.15, 0.2) is 11.6 Å². The lowest BCUT2D eigenvalue weighted by molar-refractivity contribution is -0.0611. The van der Waals surface area contributed by atoms with Crippen molar-refractivity contribution in [1.29, 1.82) is 0 Å². The van der Waals surface area contributed by atoms with Crippen LogP contribution in [0.3, 0.4) is 0 Å². The van der Waals surface area contributed by atoms with Crippen molar-refractivity contribution in [3.63, 3.8) is 0 Å². The first-order valence-electron chi connectivity index (χ1n) is 13.4. The van der Waals surface area contributed by atoms with Crippen molar-refractivity contribution < 1.29 is 13.5 Å². The first-order valence-corrected chi connectivity index (χ1v) is 15.3. The lowest BCUT2D eigenvalue weighted by Crippen LogP contribution is -2.53. The molecule has 4 aliphatic carbocycles. The van der Waals surface area contributed by atoms with Gasteiger partial charge in [-0.15, -0.1) is 0 Å². The first kappa shape index (κ1) is 24.8. The van der Waals surface area contributed by atoms with E-state index in [1.54, 1.807) is 0 Å². The molecule has 0 heterocycles. The van der Waals surface area contributed by atoms with Crippen molar-refractivity contribution in [3.05, 3.63) is 11.6 Å². The molecule has 1 N–H and O–H groups in total. The predicted octanol–water partition coefficient (Wildman–Crippen LogP) is 6.76. The van der Waals surface area contributed by atoms with E-state index in [0.717, 1.165) is 42.4 Å². The van der Waals surface area contributed by atoms with E-state index in [0.29, 0.717) is 24.2 Å². The standard InChI is InChI=1S/C28H48O3S/c1-19(2)8-7-9-20(3)23-12-13-24-22-11-10-21-18-28(29,32(6,30)31)17-16-26(21,4)25(22)14-15-27(23,24)5/h10,19-20,22-25,29H,7-9,11-18H2,1-6H3/t20?,22-,23+,24-,25-,26-,27+,28-/m0/s1. The van der Waals surface area contributed by atoms with Crippen LogP contribution in [0.1, 0.15) is 105 Å². The second-order valence-corrected chi connectivity index (χ2v) is 15.5. The topological polar surface area (TPSA) is 54.4 Å². The maximum Gasteiger partial charge on any atom is 0.177 e. The van der Waals surface area contributed by atoms with Gasteiger partial charge in [0.2, 0.25) is 0 Å². The lowest BCUT2D eigenvalue weighted by atomic mass is 9.47. The molecule has 1 unspecified atom stereocenters. The minimum atomic E-state index is -3.47. The summed E-state index contributed by atoms with van der Waals surface area (Å²) < 4.78 is 24.6. The summed E-state index contributed by atoms with van der Waals surface area (Å²) in [5.74, 6) is 4.69. The van der Waals surface area contributed by atoms with Gasteiger partial charge in [-0.05, 0) is 91.3 Å². The third kappa shape index (κ3) is 3.93. The molecule has 0 aromatic heterocycles. The molecule has 184 valence electrons.